The molecule has 0 aliphatic carbocycles. The number of aliphatic hydroxyl groups is 1. The number of nitrogen functional groups attached to an aromatic ring is 4. The minimum atomic E-state index is -0.0371. The Hall–Kier alpha value is -3.56. The van der Waals surface area contributed by atoms with Crippen LogP contribution < -0.4 is 41.9 Å². The van der Waals surface area contributed by atoms with Gasteiger partial charge >= 0.3 is 0 Å². The molecular formula is C31H42I2N8O6Si. The number of nitrogens with two attached hydrogens (primary N) is 4. The summed E-state index contributed by atoms with van der Waals surface area (Å²) in [4.78, 5) is 15.6. The Morgan fingerprint density at radius 2 is 1.08 bits per heavy atom. The molecule has 14 nitrogen and oxygen atoms in total. The molecule has 0 bridgehead atoms. The molecular weight excluding hydrogens is 862 g/mol. The van der Waals surface area contributed by atoms with Crippen LogP contribution in [0.25, 0.3) is 0 Å². The van der Waals surface area contributed by atoms with Crippen molar-refractivity contribution in [1.29, 1.82) is 0 Å². The van der Waals surface area contributed by atoms with E-state index in [9.17, 15) is 0 Å². The number of rotatable bonds is 12. The van der Waals surface area contributed by atoms with Crippen molar-refractivity contribution in [3.8, 4) is 34.5 Å². The normalized spacial score (nSPS) is 10.5. The van der Waals surface area contributed by atoms with Crippen LogP contribution in [0, 0.1) is 7.14 Å². The average molecular weight is 905 g/mol. The first-order chi connectivity index (χ1) is 22.8. The second-order valence-electron chi connectivity index (χ2n) is 10.5. The number of hydrogen-bond donors (Lipinski definition) is 5. The number of ether oxygens (including phenoxy) is 4. The van der Waals surface area contributed by atoms with Crippen LogP contribution in [-0.2, 0) is 4.46 Å². The molecule has 0 amide bonds. The van der Waals surface area contributed by atoms with Crippen LogP contribution in [0.3, 0.4) is 0 Å². The number of nitrogens with zero attached hydrogens (tertiary/aromatic N) is 4. The molecule has 0 fully saturated rings. The van der Waals surface area contributed by atoms with Gasteiger partial charge < -0.3 is 51.5 Å². The molecule has 0 spiro atoms. The van der Waals surface area contributed by atoms with E-state index in [1.165, 1.54) is 12.4 Å². The Kier molecular flexibility index (Phi) is 17.0. The Morgan fingerprint density at radius 3 is 1.42 bits per heavy atom. The van der Waals surface area contributed by atoms with E-state index < -0.39 is 0 Å². The molecule has 4 aromatic rings. The van der Waals surface area contributed by atoms with Gasteiger partial charge in [-0.05, 0) is 87.7 Å². The first-order valence-corrected chi connectivity index (χ1v) is 17.5. The monoisotopic (exact) mass is 904 g/mol. The Balaban J connectivity index is 0.000000317. The molecule has 0 saturated carbocycles. The van der Waals surface area contributed by atoms with Crippen molar-refractivity contribution in [2.24, 2.45) is 0 Å². The maximum Gasteiger partial charge on any atom is 0.245 e. The fourth-order valence-electron chi connectivity index (χ4n) is 3.96. The zero-order valence-electron chi connectivity index (χ0n) is 27.5. The number of benzene rings is 2. The molecule has 260 valence electrons. The number of halogens is 2. The summed E-state index contributed by atoms with van der Waals surface area (Å²) in [5, 5.41) is 8.91. The summed E-state index contributed by atoms with van der Waals surface area (Å²) in [5.74, 6) is 4.77. The van der Waals surface area contributed by atoms with Gasteiger partial charge in [-0.3, -0.25) is 0 Å². The largest absolute Gasteiger partial charge is 0.492 e. The maximum absolute atomic E-state index is 8.91. The minimum absolute atomic E-state index is 0.0371. The van der Waals surface area contributed by atoms with Gasteiger partial charge in [0.15, 0.2) is 23.1 Å². The summed E-state index contributed by atoms with van der Waals surface area (Å²) >= 11 is 4.39. The van der Waals surface area contributed by atoms with Crippen molar-refractivity contribution < 1.29 is 28.5 Å². The highest BCUT2D eigenvalue weighted by molar-refractivity contribution is 14.1. The van der Waals surface area contributed by atoms with E-state index in [2.05, 4.69) is 85.9 Å². The van der Waals surface area contributed by atoms with Gasteiger partial charge in [0, 0.05) is 11.1 Å². The third-order valence-corrected chi connectivity index (χ3v) is 7.91. The second-order valence-corrected chi connectivity index (χ2v) is 12.9. The van der Waals surface area contributed by atoms with Crippen LogP contribution >= 0.6 is 45.2 Å². The Labute approximate surface area is 310 Å². The van der Waals surface area contributed by atoms with E-state index in [-0.39, 0.29) is 48.6 Å². The third kappa shape index (κ3) is 11.8. The van der Waals surface area contributed by atoms with E-state index in [4.69, 9.17) is 51.5 Å². The van der Waals surface area contributed by atoms with Crippen molar-refractivity contribution in [2.45, 2.75) is 52.9 Å². The highest BCUT2D eigenvalue weighted by Crippen LogP contribution is 2.39. The van der Waals surface area contributed by atoms with Gasteiger partial charge in [-0.2, -0.15) is 9.97 Å². The molecule has 17 heteroatoms. The second kappa shape index (κ2) is 20.1. The van der Waals surface area contributed by atoms with Gasteiger partial charge in [0.1, 0.15) is 29.6 Å². The molecule has 0 radical (unpaired) electrons. The third-order valence-electron chi connectivity index (χ3n) is 6.23. The number of hydrogen-bond acceptors (Lipinski definition) is 14. The van der Waals surface area contributed by atoms with Crippen LogP contribution in [0.2, 0.25) is 0 Å². The molecule has 0 unspecified atom stereocenters. The number of anilines is 4. The lowest BCUT2D eigenvalue weighted by atomic mass is 10.0. The quantitative estimate of drug-likeness (QED) is 0.0881. The first kappa shape index (κ1) is 40.6. The molecule has 48 heavy (non-hydrogen) atoms. The van der Waals surface area contributed by atoms with Gasteiger partial charge in [0.2, 0.25) is 22.0 Å². The molecule has 2 aromatic carbocycles. The van der Waals surface area contributed by atoms with Gasteiger partial charge in [0.05, 0.1) is 32.7 Å². The summed E-state index contributed by atoms with van der Waals surface area (Å²) in [6.45, 7) is 11.3. The summed E-state index contributed by atoms with van der Waals surface area (Å²) < 4.78 is 33.3. The van der Waals surface area contributed by atoms with Crippen LogP contribution in [-0.4, -0.2) is 55.0 Å². The maximum atomic E-state index is 8.91. The predicted octanol–water partition coefficient (Wildman–Crippen LogP) is 5.45. The van der Waals surface area contributed by atoms with E-state index >= 15 is 0 Å². The fourth-order valence-corrected chi connectivity index (χ4v) is 5.15. The lowest BCUT2D eigenvalue weighted by Crippen LogP contribution is -2.05. The molecule has 4 rings (SSSR count). The van der Waals surface area contributed by atoms with E-state index in [1.54, 1.807) is 0 Å². The van der Waals surface area contributed by atoms with E-state index in [0.29, 0.717) is 45.5 Å². The average Bonchev–Trinajstić information content (AvgIpc) is 3.04. The zero-order chi connectivity index (χ0) is 36.0. The SMILES string of the molecule is CC(C)c1cc(OCCO)c(I)cc1Oc1cnc(N)nc1N.CCCOc1cc(C(C)C)c(Oc2cnc(N)nc2N)cc1I.O=[SiH2]. The van der Waals surface area contributed by atoms with E-state index in [0.717, 1.165) is 30.4 Å². The van der Waals surface area contributed by atoms with Crippen LogP contribution in [0.15, 0.2) is 36.7 Å². The Morgan fingerprint density at radius 1 is 0.688 bits per heavy atom. The van der Waals surface area contributed by atoms with Crippen molar-refractivity contribution in [3.05, 3.63) is 54.9 Å². The van der Waals surface area contributed by atoms with Crippen LogP contribution in [0.5, 0.6) is 34.5 Å². The van der Waals surface area contributed by atoms with Crippen molar-refractivity contribution >= 4 is 78.8 Å². The van der Waals surface area contributed by atoms with Gasteiger partial charge in [0.25, 0.3) is 0 Å². The summed E-state index contributed by atoms with van der Waals surface area (Å²) in [6.07, 6.45) is 3.89. The number of aliphatic hydroxyl groups excluding tert-OH is 1. The van der Waals surface area contributed by atoms with Crippen molar-refractivity contribution in [2.75, 3.05) is 42.8 Å². The standard InChI is InChI=1S/C16H21IN4O2.C15H19IN4O3.H2OSi/c1-4-5-22-13-6-10(9(2)3)12(7-11(13)17)23-14-8-20-16(19)21-15(14)18;1-8(2)9-5-12(22-4-3-21)10(16)6-11(9)23-13-7-19-15(18)20-14(13)17;1-2/h6-9H,4-5H2,1-3H3,(H4,18,19,20,21);5-8,21H,3-4H2,1-2H3,(H4,17,18,19,20);2H2. The lowest BCUT2D eigenvalue weighted by Gasteiger charge is -2.17. The predicted molar refractivity (Wildman–Crippen MR) is 206 cm³/mol. The van der Waals surface area contributed by atoms with Gasteiger partial charge in [-0.1, -0.05) is 34.6 Å². The molecule has 9 N–H and O–H groups in total. The molecule has 0 saturated heterocycles. The fraction of sp³-hybridized carbons (Fsp3) is 0.355. The lowest BCUT2D eigenvalue weighted by molar-refractivity contribution is 0.200. The van der Waals surface area contributed by atoms with E-state index in [1.807, 2.05) is 38.1 Å². The zero-order valence-corrected chi connectivity index (χ0v) is 33.2. The minimum Gasteiger partial charge on any atom is -0.492 e. The molecule has 0 aliphatic rings. The number of aromatic nitrogens is 4. The Bertz CT molecular complexity index is 1530. The molecule has 2 heterocycles. The van der Waals surface area contributed by atoms with Crippen LogP contribution in [0.1, 0.15) is 64.0 Å². The molecule has 0 aliphatic heterocycles. The van der Waals surface area contributed by atoms with Crippen LogP contribution in [0.4, 0.5) is 23.5 Å². The molecule has 2 aromatic heterocycles. The summed E-state index contributed by atoms with van der Waals surface area (Å²) in [5.41, 5.74) is 24.7. The summed E-state index contributed by atoms with van der Waals surface area (Å²) in [6, 6.07) is 7.73. The summed E-state index contributed by atoms with van der Waals surface area (Å²) in [7, 11) is 0.611. The smallest absolute Gasteiger partial charge is 0.245 e. The first-order valence-electron chi connectivity index (χ1n) is 14.8. The molecule has 0 atom stereocenters. The highest BCUT2D eigenvalue weighted by Gasteiger charge is 2.17. The van der Waals surface area contributed by atoms with Gasteiger partial charge in [-0.15, -0.1) is 0 Å². The highest BCUT2D eigenvalue weighted by atomic mass is 127. The van der Waals surface area contributed by atoms with Gasteiger partial charge in [-0.25, -0.2) is 9.97 Å². The van der Waals surface area contributed by atoms with Crippen molar-refractivity contribution in [1.82, 2.24) is 19.9 Å². The van der Waals surface area contributed by atoms with Crippen molar-refractivity contribution in [3.63, 3.8) is 0 Å². The topological polar surface area (TPSA) is 230 Å².